The van der Waals surface area contributed by atoms with E-state index in [1.807, 2.05) is 23.1 Å². The number of hydrogen-bond acceptors (Lipinski definition) is 3. The van der Waals surface area contributed by atoms with Gasteiger partial charge in [0.1, 0.15) is 6.10 Å². The van der Waals surface area contributed by atoms with Crippen molar-refractivity contribution in [2.75, 3.05) is 13.1 Å². The van der Waals surface area contributed by atoms with Crippen LogP contribution < -0.4 is 4.74 Å². The number of ether oxygens (including phenoxy) is 1. The molecule has 1 saturated heterocycles. The minimum absolute atomic E-state index is 0.0540. The van der Waals surface area contributed by atoms with Crippen molar-refractivity contribution < 1.29 is 9.53 Å². The molecule has 4 nitrogen and oxygen atoms in total. The van der Waals surface area contributed by atoms with E-state index in [9.17, 15) is 4.79 Å². The van der Waals surface area contributed by atoms with Crippen molar-refractivity contribution >= 4 is 5.91 Å². The van der Waals surface area contributed by atoms with Gasteiger partial charge >= 0.3 is 0 Å². The highest BCUT2D eigenvalue weighted by atomic mass is 16.5. The molecule has 0 aromatic carbocycles. The third-order valence-electron chi connectivity index (χ3n) is 3.40. The number of likely N-dealkylation sites (tertiary alicyclic amines) is 1. The molecule has 1 aliphatic rings. The number of piperidine rings is 1. The van der Waals surface area contributed by atoms with Crippen molar-refractivity contribution in [3.63, 3.8) is 0 Å². The Balaban J connectivity index is 1.79. The molecule has 0 aliphatic carbocycles. The number of nitrogens with zero attached hydrogens (tertiary/aromatic N) is 2. The molecule has 110 valence electrons. The van der Waals surface area contributed by atoms with Gasteiger partial charge in [-0.3, -0.25) is 4.79 Å². The van der Waals surface area contributed by atoms with Crippen LogP contribution in [0.25, 0.3) is 0 Å². The van der Waals surface area contributed by atoms with Gasteiger partial charge in [-0.15, -0.1) is 0 Å². The van der Waals surface area contributed by atoms with Gasteiger partial charge in [0.05, 0.1) is 0 Å². The van der Waals surface area contributed by atoms with Crippen molar-refractivity contribution in [1.82, 2.24) is 9.88 Å². The number of amides is 1. The maximum Gasteiger partial charge on any atom is 0.223 e. The van der Waals surface area contributed by atoms with Gasteiger partial charge in [0, 0.05) is 44.6 Å². The largest absolute Gasteiger partial charge is 0.474 e. The predicted octanol–water partition coefficient (Wildman–Crippen LogP) is 2.89. The highest BCUT2D eigenvalue weighted by molar-refractivity contribution is 5.76. The Morgan fingerprint density at radius 3 is 2.60 bits per heavy atom. The Hall–Kier alpha value is -1.58. The van der Waals surface area contributed by atoms with Gasteiger partial charge in [0.15, 0.2) is 0 Å². The Morgan fingerprint density at radius 2 is 2.05 bits per heavy atom. The molecule has 0 N–H and O–H groups in total. The number of aromatic nitrogens is 1. The van der Waals surface area contributed by atoms with E-state index in [-0.39, 0.29) is 17.4 Å². The topological polar surface area (TPSA) is 42.4 Å². The van der Waals surface area contributed by atoms with Crippen molar-refractivity contribution in [2.45, 2.75) is 46.1 Å². The van der Waals surface area contributed by atoms with E-state index in [0.717, 1.165) is 25.9 Å². The van der Waals surface area contributed by atoms with Crippen LogP contribution in [-0.2, 0) is 4.79 Å². The molecular weight excluding hydrogens is 252 g/mol. The van der Waals surface area contributed by atoms with Crippen LogP contribution in [0.15, 0.2) is 24.4 Å². The van der Waals surface area contributed by atoms with Crippen LogP contribution in [0.5, 0.6) is 5.88 Å². The molecule has 2 heterocycles. The lowest BCUT2D eigenvalue weighted by Crippen LogP contribution is -2.42. The first-order chi connectivity index (χ1) is 9.44. The van der Waals surface area contributed by atoms with Gasteiger partial charge in [0.2, 0.25) is 11.8 Å². The standard InChI is InChI=1S/C16H24N2O2/c1-16(2,3)12-15(19)18-10-7-13(8-11-18)20-14-6-4-5-9-17-14/h4-6,9,13H,7-8,10-12H2,1-3H3. The molecule has 0 atom stereocenters. The Bertz CT molecular complexity index is 432. The van der Waals surface area contributed by atoms with Crippen LogP contribution in [0.2, 0.25) is 0 Å². The first-order valence-corrected chi connectivity index (χ1v) is 7.29. The predicted molar refractivity (Wildman–Crippen MR) is 78.5 cm³/mol. The molecular formula is C16H24N2O2. The van der Waals surface area contributed by atoms with Crippen LogP contribution >= 0.6 is 0 Å². The summed E-state index contributed by atoms with van der Waals surface area (Å²) < 4.78 is 5.84. The molecule has 0 unspecified atom stereocenters. The smallest absolute Gasteiger partial charge is 0.223 e. The molecule has 0 bridgehead atoms. The second kappa shape index (κ2) is 6.25. The number of hydrogen-bond donors (Lipinski definition) is 0. The summed E-state index contributed by atoms with van der Waals surface area (Å²) in [7, 11) is 0. The van der Waals surface area contributed by atoms with Crippen molar-refractivity contribution in [3.05, 3.63) is 24.4 Å². The second-order valence-electron chi connectivity index (χ2n) is 6.60. The summed E-state index contributed by atoms with van der Waals surface area (Å²) in [4.78, 5) is 18.3. The first kappa shape index (κ1) is 14.8. The van der Waals surface area contributed by atoms with Crippen LogP contribution in [-0.4, -0.2) is 35.0 Å². The third kappa shape index (κ3) is 4.51. The number of carbonyl (C=O) groups is 1. The summed E-state index contributed by atoms with van der Waals surface area (Å²) in [6, 6.07) is 5.67. The van der Waals surface area contributed by atoms with Gasteiger partial charge < -0.3 is 9.64 Å². The van der Waals surface area contributed by atoms with E-state index in [1.54, 1.807) is 6.20 Å². The molecule has 1 fully saturated rings. The summed E-state index contributed by atoms with van der Waals surface area (Å²) in [5.41, 5.74) is 0.0540. The highest BCUT2D eigenvalue weighted by Gasteiger charge is 2.26. The zero-order valence-corrected chi connectivity index (χ0v) is 12.6. The van der Waals surface area contributed by atoms with E-state index in [0.29, 0.717) is 12.3 Å². The van der Waals surface area contributed by atoms with Gasteiger partial charge in [-0.05, 0) is 11.5 Å². The van der Waals surface area contributed by atoms with Gasteiger partial charge in [-0.2, -0.15) is 0 Å². The van der Waals surface area contributed by atoms with E-state index in [1.165, 1.54) is 0 Å². The van der Waals surface area contributed by atoms with Crippen molar-refractivity contribution in [3.8, 4) is 5.88 Å². The lowest BCUT2D eigenvalue weighted by molar-refractivity contribution is -0.134. The van der Waals surface area contributed by atoms with Gasteiger partial charge in [-0.25, -0.2) is 4.98 Å². The molecule has 1 aromatic heterocycles. The van der Waals surface area contributed by atoms with E-state index in [2.05, 4.69) is 25.8 Å². The number of rotatable bonds is 3. The fourth-order valence-corrected chi connectivity index (χ4v) is 2.38. The van der Waals surface area contributed by atoms with Crippen LogP contribution in [0.4, 0.5) is 0 Å². The molecule has 2 rings (SSSR count). The first-order valence-electron chi connectivity index (χ1n) is 7.29. The average Bonchev–Trinajstić information content (AvgIpc) is 2.39. The Kier molecular flexibility index (Phi) is 4.63. The Labute approximate surface area is 121 Å². The zero-order chi connectivity index (χ0) is 14.6. The van der Waals surface area contributed by atoms with Gasteiger partial charge in [-0.1, -0.05) is 26.8 Å². The monoisotopic (exact) mass is 276 g/mol. The summed E-state index contributed by atoms with van der Waals surface area (Å²) in [6.45, 7) is 7.87. The van der Waals surface area contributed by atoms with Crippen molar-refractivity contribution in [1.29, 1.82) is 0 Å². The Morgan fingerprint density at radius 1 is 1.35 bits per heavy atom. The minimum atomic E-state index is 0.0540. The maximum atomic E-state index is 12.2. The summed E-state index contributed by atoms with van der Waals surface area (Å²) in [5.74, 6) is 0.931. The molecule has 4 heteroatoms. The lowest BCUT2D eigenvalue weighted by atomic mass is 9.91. The molecule has 0 spiro atoms. The summed E-state index contributed by atoms with van der Waals surface area (Å²) in [5, 5.41) is 0. The van der Waals surface area contributed by atoms with Crippen molar-refractivity contribution in [2.24, 2.45) is 5.41 Å². The fourth-order valence-electron chi connectivity index (χ4n) is 2.38. The van der Waals surface area contributed by atoms with Crippen LogP contribution in [0.3, 0.4) is 0 Å². The lowest BCUT2D eigenvalue weighted by Gasteiger charge is -2.33. The van der Waals surface area contributed by atoms with E-state index >= 15 is 0 Å². The molecule has 0 radical (unpaired) electrons. The highest BCUT2D eigenvalue weighted by Crippen LogP contribution is 2.22. The van der Waals surface area contributed by atoms with Crippen LogP contribution in [0.1, 0.15) is 40.0 Å². The number of carbonyl (C=O) groups excluding carboxylic acids is 1. The minimum Gasteiger partial charge on any atom is -0.474 e. The van der Waals surface area contributed by atoms with E-state index in [4.69, 9.17) is 4.74 Å². The summed E-state index contributed by atoms with van der Waals surface area (Å²) in [6.07, 6.45) is 4.28. The fraction of sp³-hybridized carbons (Fsp3) is 0.625. The summed E-state index contributed by atoms with van der Waals surface area (Å²) >= 11 is 0. The van der Waals surface area contributed by atoms with Crippen LogP contribution in [0, 0.1) is 5.41 Å². The molecule has 1 amide bonds. The zero-order valence-electron chi connectivity index (χ0n) is 12.6. The molecule has 0 saturated carbocycles. The third-order valence-corrected chi connectivity index (χ3v) is 3.40. The normalized spacial score (nSPS) is 17.1. The SMILES string of the molecule is CC(C)(C)CC(=O)N1CCC(Oc2ccccn2)CC1. The maximum absolute atomic E-state index is 12.2. The van der Waals surface area contributed by atoms with E-state index < -0.39 is 0 Å². The van der Waals surface area contributed by atoms with Gasteiger partial charge in [0.25, 0.3) is 0 Å². The second-order valence-corrected chi connectivity index (χ2v) is 6.60. The molecule has 20 heavy (non-hydrogen) atoms. The molecule has 1 aliphatic heterocycles. The average molecular weight is 276 g/mol. The quantitative estimate of drug-likeness (QED) is 0.852. The number of pyridine rings is 1. The molecule has 1 aromatic rings.